The van der Waals surface area contributed by atoms with Gasteiger partial charge in [0, 0.05) is 23.4 Å². The lowest BCUT2D eigenvalue weighted by atomic mass is 9.76. The van der Waals surface area contributed by atoms with E-state index >= 15 is 0 Å². The Bertz CT molecular complexity index is 1200. The second kappa shape index (κ2) is 7.67. The molecule has 4 atom stereocenters. The number of hydrogen-bond acceptors (Lipinski definition) is 4. The number of anilines is 1. The first kappa shape index (κ1) is 21.6. The summed E-state index contributed by atoms with van der Waals surface area (Å²) in [6.45, 7) is 1.94. The summed E-state index contributed by atoms with van der Waals surface area (Å²) in [7, 11) is 0. The predicted octanol–water partition coefficient (Wildman–Crippen LogP) is 0.808. The summed E-state index contributed by atoms with van der Waals surface area (Å²) < 4.78 is 0. The Morgan fingerprint density at radius 1 is 1.15 bits per heavy atom. The van der Waals surface area contributed by atoms with Crippen molar-refractivity contribution in [1.82, 2.24) is 4.90 Å². The summed E-state index contributed by atoms with van der Waals surface area (Å²) in [6.07, 6.45) is 0.361. The van der Waals surface area contributed by atoms with Crippen LogP contribution in [0.3, 0.4) is 0 Å². The first-order valence-corrected chi connectivity index (χ1v) is 11.3. The van der Waals surface area contributed by atoms with E-state index in [1.807, 2.05) is 30.3 Å². The Hall–Kier alpha value is -3.23. The second-order valence-electron chi connectivity index (χ2n) is 9.01. The molecule has 3 aliphatic heterocycles. The molecule has 2 aromatic rings. The SMILES string of the molecule is Cc1c(Cl)ccc2c1NC(=O)[C@]21[NH2+][C@@H](CCC(N)=O)[C@H]2C(=O)N(Cc3ccccc3)C(=O)[C@H]21. The molecule has 170 valence electrons. The van der Waals surface area contributed by atoms with E-state index in [9.17, 15) is 19.2 Å². The molecule has 9 heteroatoms. The number of likely N-dealkylation sites (tertiary alicyclic amines) is 1. The van der Waals surface area contributed by atoms with Crippen LogP contribution in [0.25, 0.3) is 0 Å². The van der Waals surface area contributed by atoms with Gasteiger partial charge in [0.25, 0.3) is 5.91 Å². The highest BCUT2D eigenvalue weighted by Crippen LogP contribution is 2.51. The van der Waals surface area contributed by atoms with Gasteiger partial charge in [0.15, 0.2) is 0 Å². The summed E-state index contributed by atoms with van der Waals surface area (Å²) in [5.41, 5.74) is 6.84. The first-order chi connectivity index (χ1) is 15.8. The van der Waals surface area contributed by atoms with E-state index in [0.717, 1.165) is 5.56 Å². The lowest BCUT2D eigenvalue weighted by Crippen LogP contribution is -2.99. The average molecular weight is 468 g/mol. The number of benzene rings is 2. The molecule has 5 N–H and O–H groups in total. The summed E-state index contributed by atoms with van der Waals surface area (Å²) in [6, 6.07) is 12.3. The van der Waals surface area contributed by atoms with E-state index < -0.39 is 29.3 Å². The van der Waals surface area contributed by atoms with Crippen molar-refractivity contribution in [2.24, 2.45) is 17.6 Å². The molecular formula is C24H24ClN4O4+. The third-order valence-corrected chi connectivity index (χ3v) is 7.65. The predicted molar refractivity (Wildman–Crippen MR) is 120 cm³/mol. The minimum atomic E-state index is -1.30. The van der Waals surface area contributed by atoms with Gasteiger partial charge in [0.1, 0.15) is 17.9 Å². The van der Waals surface area contributed by atoms with Gasteiger partial charge < -0.3 is 16.4 Å². The molecule has 8 nitrogen and oxygen atoms in total. The molecule has 33 heavy (non-hydrogen) atoms. The van der Waals surface area contributed by atoms with Crippen LogP contribution < -0.4 is 16.4 Å². The molecule has 2 saturated heterocycles. The Labute approximate surface area is 195 Å². The van der Waals surface area contributed by atoms with Gasteiger partial charge in [0.05, 0.1) is 12.2 Å². The Kier molecular flexibility index (Phi) is 5.02. The minimum Gasteiger partial charge on any atom is -0.370 e. The molecule has 5 rings (SSSR count). The standard InChI is InChI=1S/C24H23ClN4O4/c1-12-15(25)8-7-14-20(12)27-23(33)24(14)19-18(16(28-24)9-10-17(26)30)21(31)29(22(19)32)11-13-5-3-2-4-6-13/h2-8,16,18-19,28H,9-11H2,1H3,(H2,26,30)(H,27,33)/p+1/t16-,18+,19-,24-/m0/s1. The van der Waals surface area contributed by atoms with E-state index in [-0.39, 0.29) is 30.7 Å². The fourth-order valence-corrected chi connectivity index (χ4v) is 5.86. The largest absolute Gasteiger partial charge is 0.370 e. The molecule has 2 fully saturated rings. The zero-order valence-corrected chi connectivity index (χ0v) is 18.8. The van der Waals surface area contributed by atoms with E-state index in [1.165, 1.54) is 4.90 Å². The highest BCUT2D eigenvalue weighted by Gasteiger charge is 2.74. The van der Waals surface area contributed by atoms with Crippen LogP contribution in [0.5, 0.6) is 0 Å². The molecule has 0 aromatic heterocycles. The smallest absolute Gasteiger partial charge is 0.291 e. The topological polar surface area (TPSA) is 126 Å². The van der Waals surface area contributed by atoms with Crippen LogP contribution in [0.1, 0.15) is 29.5 Å². The van der Waals surface area contributed by atoms with Crippen molar-refractivity contribution in [2.75, 3.05) is 5.32 Å². The van der Waals surface area contributed by atoms with Gasteiger partial charge in [-0.25, -0.2) is 0 Å². The van der Waals surface area contributed by atoms with Crippen molar-refractivity contribution in [3.8, 4) is 0 Å². The van der Waals surface area contributed by atoms with E-state index in [1.54, 1.807) is 24.4 Å². The van der Waals surface area contributed by atoms with Crippen LogP contribution in [0, 0.1) is 18.8 Å². The van der Waals surface area contributed by atoms with Gasteiger partial charge in [0.2, 0.25) is 23.3 Å². The number of hydrogen-bond donors (Lipinski definition) is 3. The summed E-state index contributed by atoms with van der Waals surface area (Å²) in [4.78, 5) is 53.6. The molecule has 3 heterocycles. The third-order valence-electron chi connectivity index (χ3n) is 7.24. The highest BCUT2D eigenvalue weighted by molar-refractivity contribution is 6.32. The number of halogens is 1. The maximum atomic E-state index is 13.7. The number of carbonyl (C=O) groups is 4. The van der Waals surface area contributed by atoms with E-state index in [0.29, 0.717) is 28.3 Å². The lowest BCUT2D eigenvalue weighted by molar-refractivity contribution is -0.734. The number of carbonyl (C=O) groups excluding carboxylic acids is 4. The zero-order chi connectivity index (χ0) is 23.5. The first-order valence-electron chi connectivity index (χ1n) is 10.9. The maximum absolute atomic E-state index is 13.7. The van der Waals surface area contributed by atoms with Crippen molar-refractivity contribution in [3.05, 3.63) is 64.2 Å². The fourth-order valence-electron chi connectivity index (χ4n) is 5.71. The highest BCUT2D eigenvalue weighted by atomic mass is 35.5. The van der Waals surface area contributed by atoms with Crippen LogP contribution in [0.4, 0.5) is 5.69 Å². The monoisotopic (exact) mass is 467 g/mol. The molecule has 0 unspecified atom stereocenters. The number of quaternary nitrogens is 1. The van der Waals surface area contributed by atoms with Crippen LogP contribution >= 0.6 is 11.6 Å². The Morgan fingerprint density at radius 3 is 2.58 bits per heavy atom. The van der Waals surface area contributed by atoms with Gasteiger partial charge >= 0.3 is 0 Å². The number of nitrogens with two attached hydrogens (primary N) is 2. The fraction of sp³-hybridized carbons (Fsp3) is 0.333. The van der Waals surface area contributed by atoms with Crippen LogP contribution in [-0.2, 0) is 31.3 Å². The van der Waals surface area contributed by atoms with Gasteiger partial charge in [-0.15, -0.1) is 0 Å². The lowest BCUT2D eigenvalue weighted by Gasteiger charge is -2.26. The quantitative estimate of drug-likeness (QED) is 0.562. The number of imide groups is 1. The maximum Gasteiger partial charge on any atom is 0.291 e. The number of rotatable bonds is 5. The molecule has 3 aliphatic rings. The molecule has 0 radical (unpaired) electrons. The average Bonchev–Trinajstić information content (AvgIpc) is 3.37. The van der Waals surface area contributed by atoms with Crippen molar-refractivity contribution >= 4 is 40.9 Å². The molecule has 0 bridgehead atoms. The number of nitrogens with one attached hydrogen (secondary N) is 1. The Morgan fingerprint density at radius 2 is 1.88 bits per heavy atom. The molecular weight excluding hydrogens is 444 g/mol. The van der Waals surface area contributed by atoms with E-state index in [2.05, 4.69) is 5.32 Å². The minimum absolute atomic E-state index is 0.0642. The van der Waals surface area contributed by atoms with Crippen LogP contribution in [0.2, 0.25) is 5.02 Å². The number of nitrogens with zero attached hydrogens (tertiary/aromatic N) is 1. The van der Waals surface area contributed by atoms with Crippen molar-refractivity contribution < 1.29 is 24.5 Å². The second-order valence-corrected chi connectivity index (χ2v) is 9.41. The molecule has 0 aliphatic carbocycles. The molecule has 1 spiro atoms. The van der Waals surface area contributed by atoms with Crippen LogP contribution in [-0.4, -0.2) is 34.6 Å². The van der Waals surface area contributed by atoms with Gasteiger partial charge in [-0.05, 0) is 30.2 Å². The Balaban J connectivity index is 1.61. The van der Waals surface area contributed by atoms with Gasteiger partial charge in [-0.1, -0.05) is 41.9 Å². The molecule has 2 aromatic carbocycles. The number of fused-ring (bicyclic) bond motifs is 4. The molecule has 0 saturated carbocycles. The summed E-state index contributed by atoms with van der Waals surface area (Å²) in [5.74, 6) is -3.13. The number of primary amides is 1. The molecule has 4 amide bonds. The third kappa shape index (κ3) is 3.08. The summed E-state index contributed by atoms with van der Waals surface area (Å²) >= 11 is 6.28. The van der Waals surface area contributed by atoms with Gasteiger partial charge in [-0.3, -0.25) is 24.1 Å². The van der Waals surface area contributed by atoms with E-state index in [4.69, 9.17) is 17.3 Å². The van der Waals surface area contributed by atoms with Gasteiger partial charge in [-0.2, -0.15) is 0 Å². The van der Waals surface area contributed by atoms with Crippen molar-refractivity contribution in [2.45, 2.75) is 37.9 Å². The number of amides is 4. The normalized spacial score (nSPS) is 27.8. The van der Waals surface area contributed by atoms with Crippen molar-refractivity contribution in [3.63, 3.8) is 0 Å². The summed E-state index contributed by atoms with van der Waals surface area (Å²) in [5, 5.41) is 5.22. The van der Waals surface area contributed by atoms with Crippen molar-refractivity contribution in [1.29, 1.82) is 0 Å². The van der Waals surface area contributed by atoms with Crippen LogP contribution in [0.15, 0.2) is 42.5 Å². The zero-order valence-electron chi connectivity index (χ0n) is 18.0.